The van der Waals surface area contributed by atoms with Gasteiger partial charge in [0.2, 0.25) is 5.91 Å². The van der Waals surface area contributed by atoms with E-state index < -0.39 is 0 Å². The standard InChI is InChI=1S/C16H22N4O2/c1-17-9-3-4-16(21)19-13-5-7-14(8-6-13)22-12-15-18-10-11-20(15)2/h5-8,10-11,17H,3-4,9,12H2,1-2H3,(H,19,21). The van der Waals surface area contributed by atoms with Gasteiger partial charge in [-0.25, -0.2) is 4.98 Å². The molecule has 0 fully saturated rings. The second-order valence-electron chi connectivity index (χ2n) is 5.02. The van der Waals surface area contributed by atoms with Crippen molar-refractivity contribution in [2.24, 2.45) is 7.05 Å². The topological polar surface area (TPSA) is 68.2 Å². The second-order valence-corrected chi connectivity index (χ2v) is 5.02. The van der Waals surface area contributed by atoms with Gasteiger partial charge in [0, 0.05) is 31.5 Å². The van der Waals surface area contributed by atoms with E-state index in [0.717, 1.165) is 30.2 Å². The molecule has 0 spiro atoms. The number of nitrogens with one attached hydrogen (secondary N) is 2. The van der Waals surface area contributed by atoms with Crippen LogP contribution in [0.25, 0.3) is 0 Å². The van der Waals surface area contributed by atoms with Gasteiger partial charge >= 0.3 is 0 Å². The lowest BCUT2D eigenvalue weighted by atomic mass is 10.2. The Morgan fingerprint density at radius 1 is 1.32 bits per heavy atom. The summed E-state index contributed by atoms with van der Waals surface area (Å²) >= 11 is 0. The Labute approximate surface area is 130 Å². The summed E-state index contributed by atoms with van der Waals surface area (Å²) in [6, 6.07) is 7.35. The normalized spacial score (nSPS) is 10.5. The van der Waals surface area contributed by atoms with Crippen LogP contribution in [0.15, 0.2) is 36.7 Å². The lowest BCUT2D eigenvalue weighted by Gasteiger charge is -2.08. The molecule has 1 aromatic heterocycles. The first kappa shape index (κ1) is 16.0. The molecule has 2 rings (SSSR count). The molecule has 0 aliphatic rings. The van der Waals surface area contributed by atoms with Gasteiger partial charge in [-0.05, 0) is 44.3 Å². The van der Waals surface area contributed by atoms with Crippen molar-refractivity contribution in [1.29, 1.82) is 0 Å². The van der Waals surface area contributed by atoms with Crippen LogP contribution in [0.1, 0.15) is 18.7 Å². The number of aryl methyl sites for hydroxylation is 1. The van der Waals surface area contributed by atoms with Crippen molar-refractivity contribution in [2.45, 2.75) is 19.4 Å². The van der Waals surface area contributed by atoms with E-state index in [2.05, 4.69) is 15.6 Å². The lowest BCUT2D eigenvalue weighted by molar-refractivity contribution is -0.116. The Hall–Kier alpha value is -2.34. The number of carbonyl (C=O) groups is 1. The van der Waals surface area contributed by atoms with Crippen molar-refractivity contribution in [3.05, 3.63) is 42.5 Å². The predicted molar refractivity (Wildman–Crippen MR) is 85.8 cm³/mol. The van der Waals surface area contributed by atoms with Crippen LogP contribution in [0.2, 0.25) is 0 Å². The largest absolute Gasteiger partial charge is 0.486 e. The van der Waals surface area contributed by atoms with E-state index in [1.54, 1.807) is 6.20 Å². The number of aromatic nitrogens is 2. The quantitative estimate of drug-likeness (QED) is 0.731. The summed E-state index contributed by atoms with van der Waals surface area (Å²) in [5.41, 5.74) is 0.777. The van der Waals surface area contributed by atoms with E-state index in [1.165, 1.54) is 0 Å². The average molecular weight is 302 g/mol. The fourth-order valence-corrected chi connectivity index (χ4v) is 1.97. The third-order valence-corrected chi connectivity index (χ3v) is 3.26. The van der Waals surface area contributed by atoms with Gasteiger partial charge in [0.15, 0.2) is 0 Å². The van der Waals surface area contributed by atoms with Crippen LogP contribution in [0.3, 0.4) is 0 Å². The molecule has 1 amide bonds. The molecular weight excluding hydrogens is 280 g/mol. The summed E-state index contributed by atoms with van der Waals surface area (Å²) in [6.45, 7) is 1.26. The molecule has 22 heavy (non-hydrogen) atoms. The van der Waals surface area contributed by atoms with Gasteiger partial charge < -0.3 is 19.9 Å². The molecule has 0 atom stereocenters. The molecule has 0 bridgehead atoms. The van der Waals surface area contributed by atoms with Gasteiger partial charge in [0.1, 0.15) is 18.2 Å². The summed E-state index contributed by atoms with van der Waals surface area (Å²) in [5.74, 6) is 1.63. The third kappa shape index (κ3) is 4.89. The van der Waals surface area contributed by atoms with Gasteiger partial charge in [0.25, 0.3) is 0 Å². The number of benzene rings is 1. The van der Waals surface area contributed by atoms with Gasteiger partial charge in [-0.1, -0.05) is 0 Å². The van der Waals surface area contributed by atoms with Crippen LogP contribution in [0.5, 0.6) is 5.75 Å². The minimum Gasteiger partial charge on any atom is -0.486 e. The highest BCUT2D eigenvalue weighted by molar-refractivity contribution is 5.90. The molecule has 1 aromatic carbocycles. The molecule has 0 unspecified atom stereocenters. The minimum atomic E-state index is 0.0249. The predicted octanol–water partition coefficient (Wildman–Crippen LogP) is 1.94. The zero-order valence-corrected chi connectivity index (χ0v) is 13.0. The molecular formula is C16H22N4O2. The minimum absolute atomic E-state index is 0.0249. The van der Waals surface area contributed by atoms with E-state index in [0.29, 0.717) is 13.0 Å². The van der Waals surface area contributed by atoms with Crippen LogP contribution < -0.4 is 15.4 Å². The van der Waals surface area contributed by atoms with Crippen molar-refractivity contribution in [1.82, 2.24) is 14.9 Å². The Balaban J connectivity index is 1.80. The molecule has 118 valence electrons. The Morgan fingerprint density at radius 3 is 2.73 bits per heavy atom. The molecule has 6 heteroatoms. The smallest absolute Gasteiger partial charge is 0.224 e. The number of anilines is 1. The fraction of sp³-hybridized carbons (Fsp3) is 0.375. The van der Waals surface area contributed by atoms with Crippen molar-refractivity contribution >= 4 is 11.6 Å². The maximum atomic E-state index is 11.7. The maximum Gasteiger partial charge on any atom is 0.224 e. The molecule has 2 N–H and O–H groups in total. The van der Waals surface area contributed by atoms with E-state index in [1.807, 2.05) is 49.1 Å². The number of hydrogen-bond acceptors (Lipinski definition) is 4. The summed E-state index contributed by atoms with van der Waals surface area (Å²) in [5, 5.41) is 5.89. The fourth-order valence-electron chi connectivity index (χ4n) is 1.97. The monoisotopic (exact) mass is 302 g/mol. The Kier molecular flexibility index (Phi) is 5.97. The van der Waals surface area contributed by atoms with E-state index >= 15 is 0 Å². The van der Waals surface area contributed by atoms with Crippen molar-refractivity contribution < 1.29 is 9.53 Å². The molecule has 0 aliphatic carbocycles. The summed E-state index contributed by atoms with van der Waals surface area (Å²) in [6.07, 6.45) is 4.96. The number of rotatable bonds is 8. The Morgan fingerprint density at radius 2 is 2.09 bits per heavy atom. The van der Waals surface area contributed by atoms with Crippen LogP contribution in [-0.2, 0) is 18.4 Å². The van der Waals surface area contributed by atoms with Crippen LogP contribution in [0.4, 0.5) is 5.69 Å². The Bertz CT molecular complexity index is 592. The summed E-state index contributed by atoms with van der Waals surface area (Å²) in [7, 11) is 3.81. The zero-order chi connectivity index (χ0) is 15.8. The lowest BCUT2D eigenvalue weighted by Crippen LogP contribution is -2.15. The van der Waals surface area contributed by atoms with Crippen LogP contribution >= 0.6 is 0 Å². The molecule has 0 saturated carbocycles. The molecule has 1 heterocycles. The molecule has 6 nitrogen and oxygen atoms in total. The van der Waals surface area contributed by atoms with E-state index in [9.17, 15) is 4.79 Å². The second kappa shape index (κ2) is 8.19. The highest BCUT2D eigenvalue weighted by Crippen LogP contribution is 2.17. The van der Waals surface area contributed by atoms with Gasteiger partial charge in [-0.3, -0.25) is 4.79 Å². The SMILES string of the molecule is CNCCCC(=O)Nc1ccc(OCc2nccn2C)cc1. The molecule has 0 saturated heterocycles. The van der Waals surface area contributed by atoms with Gasteiger partial charge in [0.05, 0.1) is 0 Å². The molecule has 0 aliphatic heterocycles. The van der Waals surface area contributed by atoms with E-state index in [-0.39, 0.29) is 5.91 Å². The zero-order valence-electron chi connectivity index (χ0n) is 13.0. The summed E-state index contributed by atoms with van der Waals surface area (Å²) in [4.78, 5) is 15.9. The highest BCUT2D eigenvalue weighted by Gasteiger charge is 2.03. The number of imidazole rings is 1. The number of amides is 1. The van der Waals surface area contributed by atoms with Crippen molar-refractivity contribution in [2.75, 3.05) is 18.9 Å². The highest BCUT2D eigenvalue weighted by atomic mass is 16.5. The number of nitrogens with zero attached hydrogens (tertiary/aromatic N) is 2. The van der Waals surface area contributed by atoms with Crippen LogP contribution in [0, 0.1) is 0 Å². The maximum absolute atomic E-state index is 11.7. The average Bonchev–Trinajstić information content (AvgIpc) is 2.92. The van der Waals surface area contributed by atoms with Crippen molar-refractivity contribution in [3.63, 3.8) is 0 Å². The number of ether oxygens (including phenoxy) is 1. The van der Waals surface area contributed by atoms with Crippen molar-refractivity contribution in [3.8, 4) is 5.75 Å². The van der Waals surface area contributed by atoms with Gasteiger partial charge in [-0.15, -0.1) is 0 Å². The number of carbonyl (C=O) groups excluding carboxylic acids is 1. The first-order chi connectivity index (χ1) is 10.7. The van der Waals surface area contributed by atoms with Crippen LogP contribution in [-0.4, -0.2) is 29.1 Å². The third-order valence-electron chi connectivity index (χ3n) is 3.26. The van der Waals surface area contributed by atoms with Gasteiger partial charge in [-0.2, -0.15) is 0 Å². The molecule has 2 aromatic rings. The number of hydrogen-bond donors (Lipinski definition) is 2. The summed E-state index contributed by atoms with van der Waals surface area (Å²) < 4.78 is 7.58. The first-order valence-electron chi connectivity index (χ1n) is 7.32. The van der Waals surface area contributed by atoms with E-state index in [4.69, 9.17) is 4.74 Å². The first-order valence-corrected chi connectivity index (χ1v) is 7.32. The molecule has 0 radical (unpaired) electrons.